The summed E-state index contributed by atoms with van der Waals surface area (Å²) < 4.78 is 13.2. The minimum Gasteiger partial charge on any atom is -0.324 e. The van der Waals surface area contributed by atoms with Crippen molar-refractivity contribution in [2.75, 3.05) is 16.8 Å². The third kappa shape index (κ3) is 3.46. The molecule has 0 aliphatic carbocycles. The van der Waals surface area contributed by atoms with E-state index < -0.39 is 29.7 Å². The maximum Gasteiger partial charge on any atom is 0.263 e. The van der Waals surface area contributed by atoms with Gasteiger partial charge < -0.3 is 5.32 Å². The largest absolute Gasteiger partial charge is 0.324 e. The second kappa shape index (κ2) is 7.42. The van der Waals surface area contributed by atoms with Crippen LogP contribution < -0.4 is 10.2 Å². The van der Waals surface area contributed by atoms with Crippen molar-refractivity contribution in [2.24, 2.45) is 10.3 Å². The molecular weight excluding hydrogens is 377 g/mol. The second-order valence-corrected chi connectivity index (χ2v) is 6.78. The lowest BCUT2D eigenvalue weighted by molar-refractivity contribution is -0.123. The van der Waals surface area contributed by atoms with Gasteiger partial charge in [0.15, 0.2) is 12.1 Å². The average molecular weight is 395 g/mol. The highest BCUT2D eigenvalue weighted by atomic mass is 19.1. The molecule has 148 valence electrons. The van der Waals surface area contributed by atoms with Crippen LogP contribution in [0, 0.1) is 5.82 Å². The Balaban J connectivity index is 1.45. The van der Waals surface area contributed by atoms with Gasteiger partial charge in [-0.2, -0.15) is 5.11 Å². The van der Waals surface area contributed by atoms with Gasteiger partial charge in [0.25, 0.3) is 11.8 Å². The van der Waals surface area contributed by atoms with Gasteiger partial charge in [-0.3, -0.25) is 19.4 Å². The number of nitrogens with one attached hydrogen (secondary N) is 1. The first-order chi connectivity index (χ1) is 14.0. The van der Waals surface area contributed by atoms with Crippen LogP contribution in [0.4, 0.5) is 15.8 Å². The molecule has 0 aromatic heterocycles. The van der Waals surface area contributed by atoms with Gasteiger partial charge in [0.1, 0.15) is 12.4 Å². The molecule has 0 spiro atoms. The highest BCUT2D eigenvalue weighted by Gasteiger charge is 2.55. The molecule has 2 atom stereocenters. The molecule has 2 aliphatic heterocycles. The monoisotopic (exact) mass is 395 g/mol. The van der Waals surface area contributed by atoms with Crippen molar-refractivity contribution in [2.45, 2.75) is 25.4 Å². The fourth-order valence-electron chi connectivity index (χ4n) is 3.37. The van der Waals surface area contributed by atoms with Gasteiger partial charge in [0.2, 0.25) is 5.91 Å². The Hall–Kier alpha value is -3.62. The molecule has 0 radical (unpaired) electrons. The molecule has 1 saturated heterocycles. The van der Waals surface area contributed by atoms with E-state index in [9.17, 15) is 18.8 Å². The molecule has 0 bridgehead atoms. The number of halogens is 1. The van der Waals surface area contributed by atoms with Crippen LogP contribution in [0.5, 0.6) is 0 Å². The summed E-state index contributed by atoms with van der Waals surface area (Å²) >= 11 is 0. The van der Waals surface area contributed by atoms with Gasteiger partial charge in [0.05, 0.1) is 5.69 Å². The van der Waals surface area contributed by atoms with E-state index in [1.54, 1.807) is 12.1 Å². The summed E-state index contributed by atoms with van der Waals surface area (Å²) in [6.07, 6.45) is 0.895. The number of carbonyl (C=O) groups excluding carboxylic acids is 3. The minimum atomic E-state index is -1.01. The molecule has 3 amide bonds. The first-order valence-corrected chi connectivity index (χ1v) is 9.17. The topological polar surface area (TPSA) is 94.4 Å². The summed E-state index contributed by atoms with van der Waals surface area (Å²) in [5, 5.41) is 11.7. The fourth-order valence-corrected chi connectivity index (χ4v) is 3.37. The summed E-state index contributed by atoms with van der Waals surface area (Å²) in [5.74, 6) is -1.95. The van der Waals surface area contributed by atoms with E-state index in [1.807, 2.05) is 19.1 Å². The zero-order chi connectivity index (χ0) is 20.5. The number of fused-ring (bicyclic) bond motifs is 1. The maximum atomic E-state index is 13.2. The molecule has 2 aliphatic rings. The van der Waals surface area contributed by atoms with Crippen molar-refractivity contribution < 1.29 is 18.8 Å². The molecule has 29 heavy (non-hydrogen) atoms. The van der Waals surface area contributed by atoms with E-state index in [2.05, 4.69) is 15.7 Å². The number of carbonyl (C=O) groups is 3. The lowest BCUT2D eigenvalue weighted by Crippen LogP contribution is -2.43. The van der Waals surface area contributed by atoms with Crippen molar-refractivity contribution >= 4 is 29.1 Å². The number of hydrogen-bond acceptors (Lipinski definition) is 6. The number of rotatable bonds is 5. The van der Waals surface area contributed by atoms with Crippen molar-refractivity contribution in [3.8, 4) is 0 Å². The molecule has 4 rings (SSSR count). The number of nitrogens with zero attached hydrogens (tertiary/aromatic N) is 4. The molecule has 1 N–H and O–H groups in total. The quantitative estimate of drug-likeness (QED) is 0.786. The van der Waals surface area contributed by atoms with Crippen LogP contribution in [0.3, 0.4) is 0 Å². The zero-order valence-corrected chi connectivity index (χ0v) is 15.6. The van der Waals surface area contributed by atoms with Crippen LogP contribution in [0.1, 0.15) is 12.5 Å². The predicted molar refractivity (Wildman–Crippen MR) is 102 cm³/mol. The highest BCUT2D eigenvalue weighted by molar-refractivity contribution is 6.25. The number of amides is 3. The van der Waals surface area contributed by atoms with Gasteiger partial charge in [-0.25, -0.2) is 9.29 Å². The number of imide groups is 1. The average Bonchev–Trinajstić information content (AvgIpc) is 3.23. The molecular formula is C20H18FN5O3. The van der Waals surface area contributed by atoms with Gasteiger partial charge >= 0.3 is 0 Å². The standard InChI is InChI=1S/C20H18FN5O3/c1-2-12-3-7-14(8-4-12)22-16(27)11-25-18-17(23-24-25)19(28)26(20(18)29)15-9-5-13(21)6-10-15/h3-10,17-18H,2,11H2,1H3,(H,22,27)/t17-,18-/m0/s1. The SMILES string of the molecule is CCc1ccc(NC(=O)CN2N=N[C@@H]3C(=O)N(c4ccc(F)cc4)C(=O)[C@H]32)cc1. The molecule has 1 fully saturated rings. The van der Waals surface area contributed by atoms with Crippen LogP contribution in [-0.4, -0.2) is 41.4 Å². The second-order valence-electron chi connectivity index (χ2n) is 6.78. The van der Waals surface area contributed by atoms with E-state index in [0.29, 0.717) is 5.69 Å². The Kier molecular flexibility index (Phi) is 4.79. The molecule has 0 saturated carbocycles. The summed E-state index contributed by atoms with van der Waals surface area (Å²) in [7, 11) is 0. The number of aryl methyl sites for hydroxylation is 1. The van der Waals surface area contributed by atoms with Crippen molar-refractivity contribution in [3.05, 3.63) is 59.9 Å². The van der Waals surface area contributed by atoms with Gasteiger partial charge in [0, 0.05) is 5.69 Å². The Morgan fingerprint density at radius 1 is 1.07 bits per heavy atom. The van der Waals surface area contributed by atoms with Crippen LogP contribution in [0.25, 0.3) is 0 Å². The first kappa shape index (κ1) is 18.7. The summed E-state index contributed by atoms with van der Waals surface area (Å²) in [6.45, 7) is 1.81. The molecule has 2 heterocycles. The van der Waals surface area contributed by atoms with Gasteiger partial charge in [-0.15, -0.1) is 0 Å². The van der Waals surface area contributed by atoms with E-state index in [-0.39, 0.29) is 18.1 Å². The summed E-state index contributed by atoms with van der Waals surface area (Å²) in [6, 6.07) is 10.5. The van der Waals surface area contributed by atoms with Crippen LogP contribution >= 0.6 is 0 Å². The number of benzene rings is 2. The van der Waals surface area contributed by atoms with Crippen molar-refractivity contribution in [1.82, 2.24) is 5.01 Å². The van der Waals surface area contributed by atoms with E-state index in [1.165, 1.54) is 29.3 Å². The Bertz CT molecular complexity index is 990. The molecule has 8 nitrogen and oxygen atoms in total. The third-order valence-corrected chi connectivity index (χ3v) is 4.89. The highest BCUT2D eigenvalue weighted by Crippen LogP contribution is 2.31. The Morgan fingerprint density at radius 3 is 2.41 bits per heavy atom. The minimum absolute atomic E-state index is 0.226. The molecule has 9 heteroatoms. The Morgan fingerprint density at radius 2 is 1.76 bits per heavy atom. The lowest BCUT2D eigenvalue weighted by atomic mass is 10.1. The smallest absolute Gasteiger partial charge is 0.263 e. The van der Waals surface area contributed by atoms with Crippen molar-refractivity contribution in [1.29, 1.82) is 0 Å². The maximum absolute atomic E-state index is 13.2. The van der Waals surface area contributed by atoms with Gasteiger partial charge in [-0.05, 0) is 48.4 Å². The lowest BCUT2D eigenvalue weighted by Gasteiger charge is -2.20. The van der Waals surface area contributed by atoms with E-state index in [0.717, 1.165) is 16.9 Å². The van der Waals surface area contributed by atoms with Crippen molar-refractivity contribution in [3.63, 3.8) is 0 Å². The molecule has 0 unspecified atom stereocenters. The zero-order valence-electron chi connectivity index (χ0n) is 15.6. The molecule has 2 aromatic rings. The van der Waals surface area contributed by atoms with E-state index >= 15 is 0 Å². The van der Waals surface area contributed by atoms with Gasteiger partial charge in [-0.1, -0.05) is 24.3 Å². The Labute approximate surface area is 166 Å². The summed E-state index contributed by atoms with van der Waals surface area (Å²) in [5.41, 5.74) is 2.03. The van der Waals surface area contributed by atoms with Crippen LogP contribution in [-0.2, 0) is 20.8 Å². The predicted octanol–water partition coefficient (Wildman–Crippen LogP) is 2.32. The number of anilines is 2. The van der Waals surface area contributed by atoms with E-state index in [4.69, 9.17) is 0 Å². The normalized spacial score (nSPS) is 20.3. The molecule has 2 aromatic carbocycles. The third-order valence-electron chi connectivity index (χ3n) is 4.89. The van der Waals surface area contributed by atoms with Crippen LogP contribution in [0.2, 0.25) is 0 Å². The number of hydrogen-bond donors (Lipinski definition) is 1. The fraction of sp³-hybridized carbons (Fsp3) is 0.250. The summed E-state index contributed by atoms with van der Waals surface area (Å²) in [4.78, 5) is 38.8. The van der Waals surface area contributed by atoms with Crippen LogP contribution in [0.15, 0.2) is 58.9 Å². The first-order valence-electron chi connectivity index (χ1n) is 9.17.